The number of aromatic nitrogens is 2. The molecule has 1 aromatic heterocycles. The molecule has 1 unspecified atom stereocenters. The first-order valence-corrected chi connectivity index (χ1v) is 3.81. The van der Waals surface area contributed by atoms with Crippen LogP contribution >= 0.6 is 0 Å². The molecule has 1 heterocycles. The lowest BCUT2D eigenvalue weighted by molar-refractivity contribution is 0.536. The van der Waals surface area contributed by atoms with E-state index in [1.165, 1.54) is 0 Å². The topological polar surface area (TPSA) is 68.8 Å². The molecular weight excluding hydrogens is 152 g/mol. The molecule has 5 heteroatoms. The highest BCUT2D eigenvalue weighted by atomic mass is 32.2. The Hall–Kier alpha value is -0.680. The van der Waals surface area contributed by atoms with E-state index >= 15 is 0 Å². The van der Waals surface area contributed by atoms with Gasteiger partial charge in [-0.25, -0.2) is 0 Å². The molecule has 0 aliphatic carbocycles. The van der Waals surface area contributed by atoms with Gasteiger partial charge in [-0.1, -0.05) is 0 Å². The minimum atomic E-state index is -2.16. The summed E-state index contributed by atoms with van der Waals surface area (Å²) >= 11 is -2.16. The van der Waals surface area contributed by atoms with Crippen LogP contribution in [0.25, 0.3) is 0 Å². The quantitative estimate of drug-likeness (QED) is 0.598. The van der Waals surface area contributed by atoms with E-state index in [-0.39, 0.29) is 4.90 Å². The number of nitrogens with zero attached hydrogens (tertiary/aromatic N) is 1. The predicted molar refractivity (Wildman–Crippen MR) is 35.2 cm³/mol. The fourth-order valence-electron chi connectivity index (χ4n) is 0.786. The first-order valence-electron chi connectivity index (χ1n) is 2.73. The molecule has 0 spiro atoms. The van der Waals surface area contributed by atoms with Gasteiger partial charge < -0.3 is 4.55 Å². The SMILES string of the molecule is Cc1n[nH]c(C)c1S(=O)[O-]. The number of hydrogen-bond acceptors (Lipinski definition) is 3. The van der Waals surface area contributed by atoms with Gasteiger partial charge in [-0.3, -0.25) is 9.31 Å². The molecule has 10 heavy (non-hydrogen) atoms. The van der Waals surface area contributed by atoms with Gasteiger partial charge in [0, 0.05) is 5.69 Å². The van der Waals surface area contributed by atoms with E-state index in [1.54, 1.807) is 13.8 Å². The summed E-state index contributed by atoms with van der Waals surface area (Å²) in [5.41, 5.74) is 1.11. The normalized spacial score (nSPS) is 13.5. The van der Waals surface area contributed by atoms with E-state index < -0.39 is 11.1 Å². The average molecular weight is 159 g/mol. The van der Waals surface area contributed by atoms with Crippen molar-refractivity contribution >= 4 is 11.1 Å². The summed E-state index contributed by atoms with van der Waals surface area (Å²) in [5.74, 6) is 0. The van der Waals surface area contributed by atoms with Crippen molar-refractivity contribution in [2.75, 3.05) is 0 Å². The second kappa shape index (κ2) is 2.51. The Morgan fingerprint density at radius 3 is 2.40 bits per heavy atom. The van der Waals surface area contributed by atoms with E-state index in [0.29, 0.717) is 11.4 Å². The van der Waals surface area contributed by atoms with E-state index in [9.17, 15) is 8.76 Å². The highest BCUT2D eigenvalue weighted by Crippen LogP contribution is 2.11. The third-order valence-corrected chi connectivity index (χ3v) is 2.16. The number of hydrogen-bond donors (Lipinski definition) is 1. The Balaban J connectivity index is 3.23. The maximum Gasteiger partial charge on any atom is 0.0743 e. The van der Waals surface area contributed by atoms with Gasteiger partial charge in [0.15, 0.2) is 0 Å². The molecule has 56 valence electrons. The molecule has 0 saturated carbocycles. The van der Waals surface area contributed by atoms with Crippen LogP contribution in [0.15, 0.2) is 4.90 Å². The van der Waals surface area contributed by atoms with E-state index in [4.69, 9.17) is 0 Å². The molecule has 0 aromatic carbocycles. The maximum atomic E-state index is 10.4. The summed E-state index contributed by atoms with van der Waals surface area (Å²) in [5, 5.41) is 6.29. The molecule has 1 N–H and O–H groups in total. The van der Waals surface area contributed by atoms with Crippen LogP contribution in [0.1, 0.15) is 11.4 Å². The van der Waals surface area contributed by atoms with Gasteiger partial charge in [-0.05, 0) is 24.9 Å². The minimum Gasteiger partial charge on any atom is -0.768 e. The molecule has 1 rings (SSSR count). The molecule has 0 radical (unpaired) electrons. The van der Waals surface area contributed by atoms with Crippen molar-refractivity contribution in [1.82, 2.24) is 10.2 Å². The number of rotatable bonds is 1. The van der Waals surface area contributed by atoms with E-state index in [2.05, 4.69) is 10.2 Å². The maximum absolute atomic E-state index is 10.4. The van der Waals surface area contributed by atoms with Gasteiger partial charge in [0.25, 0.3) is 0 Å². The number of aromatic amines is 1. The van der Waals surface area contributed by atoms with Crippen LogP contribution in [0.4, 0.5) is 0 Å². The molecule has 0 saturated heterocycles. The number of H-pyrrole nitrogens is 1. The molecule has 0 aliphatic rings. The monoisotopic (exact) mass is 159 g/mol. The van der Waals surface area contributed by atoms with Crippen LogP contribution in [-0.4, -0.2) is 19.0 Å². The zero-order valence-corrected chi connectivity index (χ0v) is 6.49. The van der Waals surface area contributed by atoms with Crippen molar-refractivity contribution in [3.05, 3.63) is 11.4 Å². The summed E-state index contributed by atoms with van der Waals surface area (Å²) in [6.07, 6.45) is 0. The van der Waals surface area contributed by atoms with Crippen molar-refractivity contribution in [2.24, 2.45) is 0 Å². The smallest absolute Gasteiger partial charge is 0.0743 e. The zero-order chi connectivity index (χ0) is 7.72. The van der Waals surface area contributed by atoms with Crippen molar-refractivity contribution in [3.8, 4) is 0 Å². The Kier molecular flexibility index (Phi) is 1.87. The first-order chi connectivity index (χ1) is 4.63. The molecule has 0 fully saturated rings. The average Bonchev–Trinajstić information content (AvgIpc) is 2.11. The minimum absolute atomic E-state index is 0.278. The zero-order valence-electron chi connectivity index (χ0n) is 5.67. The summed E-state index contributed by atoms with van der Waals surface area (Å²) in [7, 11) is 0. The summed E-state index contributed by atoms with van der Waals surface area (Å²) in [4.78, 5) is 0.278. The van der Waals surface area contributed by atoms with Crippen LogP contribution in [0.3, 0.4) is 0 Å². The second-order valence-corrected chi connectivity index (χ2v) is 2.88. The highest BCUT2D eigenvalue weighted by Gasteiger charge is 2.04. The Bertz CT molecular complexity index is 249. The molecular formula is C5H7N2O2S-. The second-order valence-electron chi connectivity index (χ2n) is 2.00. The predicted octanol–water partition coefficient (Wildman–Crippen LogP) is 0.265. The number of nitrogens with one attached hydrogen (secondary N) is 1. The third-order valence-electron chi connectivity index (χ3n) is 1.23. The van der Waals surface area contributed by atoms with Gasteiger partial charge in [0.05, 0.1) is 10.6 Å². The van der Waals surface area contributed by atoms with Crippen molar-refractivity contribution in [3.63, 3.8) is 0 Å². The van der Waals surface area contributed by atoms with E-state index in [0.717, 1.165) is 0 Å². The van der Waals surface area contributed by atoms with Crippen LogP contribution in [-0.2, 0) is 11.1 Å². The lowest BCUT2D eigenvalue weighted by atomic mass is 10.4. The molecule has 1 aromatic rings. The third kappa shape index (κ3) is 1.10. The molecule has 4 nitrogen and oxygen atoms in total. The molecule has 1 atom stereocenters. The summed E-state index contributed by atoms with van der Waals surface area (Å²) in [6.45, 7) is 3.32. The molecule has 0 aliphatic heterocycles. The highest BCUT2D eigenvalue weighted by molar-refractivity contribution is 7.79. The van der Waals surface area contributed by atoms with Gasteiger partial charge in [-0.2, -0.15) is 5.10 Å². The van der Waals surface area contributed by atoms with E-state index in [1.807, 2.05) is 0 Å². The summed E-state index contributed by atoms with van der Waals surface area (Å²) in [6, 6.07) is 0. The standard InChI is InChI=1S/C5H8N2O2S/c1-3-5(10(8)9)4(2)7-6-3/h1-2H3,(H,6,7)(H,8,9)/p-1. The molecule has 0 amide bonds. The van der Waals surface area contributed by atoms with Crippen LogP contribution in [0, 0.1) is 13.8 Å². The van der Waals surface area contributed by atoms with Crippen LogP contribution in [0.5, 0.6) is 0 Å². The summed E-state index contributed by atoms with van der Waals surface area (Å²) < 4.78 is 20.9. The Morgan fingerprint density at radius 1 is 1.60 bits per heavy atom. The van der Waals surface area contributed by atoms with Gasteiger partial charge in [0.2, 0.25) is 0 Å². The van der Waals surface area contributed by atoms with Crippen LogP contribution < -0.4 is 0 Å². The van der Waals surface area contributed by atoms with Gasteiger partial charge in [0.1, 0.15) is 0 Å². The fraction of sp³-hybridized carbons (Fsp3) is 0.400. The number of aryl methyl sites for hydroxylation is 2. The van der Waals surface area contributed by atoms with Crippen molar-refractivity contribution < 1.29 is 8.76 Å². The van der Waals surface area contributed by atoms with Gasteiger partial charge in [-0.15, -0.1) is 0 Å². The fourth-order valence-corrected chi connectivity index (χ4v) is 1.37. The first kappa shape index (κ1) is 7.43. The lowest BCUT2D eigenvalue weighted by Gasteiger charge is -2.02. The van der Waals surface area contributed by atoms with Gasteiger partial charge >= 0.3 is 0 Å². The Labute approximate surface area is 60.9 Å². The van der Waals surface area contributed by atoms with Crippen molar-refractivity contribution in [1.29, 1.82) is 0 Å². The Morgan fingerprint density at radius 2 is 2.20 bits per heavy atom. The molecule has 0 bridgehead atoms. The van der Waals surface area contributed by atoms with Crippen molar-refractivity contribution in [2.45, 2.75) is 18.7 Å². The lowest BCUT2D eigenvalue weighted by Crippen LogP contribution is -1.91. The largest absolute Gasteiger partial charge is 0.768 e. The van der Waals surface area contributed by atoms with Crippen LogP contribution in [0.2, 0.25) is 0 Å².